The van der Waals surface area contributed by atoms with Gasteiger partial charge >= 0.3 is 0 Å². The maximum atomic E-state index is 15.1. The maximum Gasteiger partial charge on any atom is 0.228 e. The topological polar surface area (TPSA) is 97.5 Å². The van der Waals surface area contributed by atoms with Crippen molar-refractivity contribution in [2.24, 2.45) is 5.73 Å². The molecule has 25 heavy (non-hydrogen) atoms. The van der Waals surface area contributed by atoms with E-state index in [0.29, 0.717) is 23.7 Å². The van der Waals surface area contributed by atoms with Crippen molar-refractivity contribution in [3.8, 4) is 0 Å². The van der Waals surface area contributed by atoms with E-state index in [1.807, 2.05) is 6.07 Å². The standard InChI is InChI=1S/C18H18FN5O/c19-15-12-9-23-24-14(12)10-22-16(15)13-5-1-2-6-18(13,17(20)25)11-4-3-7-21-8-11/h3-4,7-10,13H,1-2,5-6H2,(H2,20,25)(H,23,24). The molecule has 128 valence electrons. The van der Waals surface area contributed by atoms with E-state index in [1.54, 1.807) is 24.7 Å². The number of fused-ring (bicyclic) bond motifs is 1. The number of rotatable bonds is 3. The van der Waals surface area contributed by atoms with Crippen LogP contribution in [0, 0.1) is 5.82 Å². The first-order chi connectivity index (χ1) is 12.1. The van der Waals surface area contributed by atoms with Crippen LogP contribution < -0.4 is 5.73 Å². The summed E-state index contributed by atoms with van der Waals surface area (Å²) >= 11 is 0. The van der Waals surface area contributed by atoms with Crippen LogP contribution in [0.25, 0.3) is 10.9 Å². The zero-order valence-corrected chi connectivity index (χ0v) is 13.6. The number of nitrogens with two attached hydrogens (primary N) is 1. The summed E-state index contributed by atoms with van der Waals surface area (Å²) in [6.07, 6.45) is 9.24. The van der Waals surface area contributed by atoms with Gasteiger partial charge < -0.3 is 5.73 Å². The third kappa shape index (κ3) is 2.30. The third-order valence-corrected chi connectivity index (χ3v) is 5.32. The molecule has 6 nitrogen and oxygen atoms in total. The highest BCUT2D eigenvalue weighted by atomic mass is 19.1. The fourth-order valence-corrected chi connectivity index (χ4v) is 4.09. The monoisotopic (exact) mass is 339 g/mol. The highest BCUT2D eigenvalue weighted by Gasteiger charge is 2.49. The van der Waals surface area contributed by atoms with Crippen LogP contribution in [0.4, 0.5) is 4.39 Å². The minimum Gasteiger partial charge on any atom is -0.369 e. The van der Waals surface area contributed by atoms with E-state index >= 15 is 4.39 Å². The maximum absolute atomic E-state index is 15.1. The summed E-state index contributed by atoms with van der Waals surface area (Å²) < 4.78 is 15.1. The van der Waals surface area contributed by atoms with Crippen LogP contribution in [0.2, 0.25) is 0 Å². The van der Waals surface area contributed by atoms with Gasteiger partial charge in [-0.15, -0.1) is 0 Å². The van der Waals surface area contributed by atoms with Crippen LogP contribution in [0.15, 0.2) is 36.9 Å². The molecule has 0 bridgehead atoms. The molecule has 2 atom stereocenters. The number of primary amides is 1. The summed E-state index contributed by atoms with van der Waals surface area (Å²) in [6, 6.07) is 3.61. The van der Waals surface area contributed by atoms with Gasteiger partial charge in [0, 0.05) is 18.3 Å². The number of amides is 1. The summed E-state index contributed by atoms with van der Waals surface area (Å²) in [5.41, 5.74) is 6.39. The second-order valence-corrected chi connectivity index (χ2v) is 6.53. The van der Waals surface area contributed by atoms with E-state index in [9.17, 15) is 4.79 Å². The Morgan fingerprint density at radius 1 is 1.32 bits per heavy atom. The van der Waals surface area contributed by atoms with E-state index in [-0.39, 0.29) is 5.69 Å². The molecule has 3 heterocycles. The molecule has 0 aromatic carbocycles. The normalized spacial score (nSPS) is 23.6. The molecule has 3 aromatic rings. The summed E-state index contributed by atoms with van der Waals surface area (Å²) in [7, 11) is 0. The van der Waals surface area contributed by atoms with Crippen molar-refractivity contribution in [2.75, 3.05) is 0 Å². The molecular weight excluding hydrogens is 321 g/mol. The van der Waals surface area contributed by atoms with Crippen molar-refractivity contribution in [1.29, 1.82) is 0 Å². The molecule has 0 saturated heterocycles. The van der Waals surface area contributed by atoms with Gasteiger partial charge in [0.15, 0.2) is 5.82 Å². The molecule has 1 fully saturated rings. The van der Waals surface area contributed by atoms with Crippen LogP contribution in [0.1, 0.15) is 42.9 Å². The Morgan fingerprint density at radius 2 is 2.20 bits per heavy atom. The van der Waals surface area contributed by atoms with Crippen LogP contribution >= 0.6 is 0 Å². The van der Waals surface area contributed by atoms with Crippen molar-refractivity contribution >= 4 is 16.8 Å². The Kier molecular flexibility index (Phi) is 3.71. The highest BCUT2D eigenvalue weighted by Crippen LogP contribution is 2.49. The fourth-order valence-electron chi connectivity index (χ4n) is 4.09. The molecule has 0 radical (unpaired) electrons. The third-order valence-electron chi connectivity index (χ3n) is 5.32. The predicted molar refractivity (Wildman–Crippen MR) is 90.2 cm³/mol. The fraction of sp³-hybridized carbons (Fsp3) is 0.333. The average molecular weight is 339 g/mol. The quantitative estimate of drug-likeness (QED) is 0.766. The number of hydrogen-bond donors (Lipinski definition) is 2. The second kappa shape index (κ2) is 5.91. The van der Waals surface area contributed by atoms with Gasteiger partial charge in [-0.1, -0.05) is 18.9 Å². The molecule has 1 aliphatic carbocycles. The largest absolute Gasteiger partial charge is 0.369 e. The molecule has 3 N–H and O–H groups in total. The molecule has 2 unspecified atom stereocenters. The van der Waals surface area contributed by atoms with Gasteiger partial charge in [0.1, 0.15) is 0 Å². The van der Waals surface area contributed by atoms with Crippen LogP contribution in [-0.2, 0) is 10.2 Å². The number of hydrogen-bond acceptors (Lipinski definition) is 4. The molecular formula is C18H18FN5O. The zero-order chi connectivity index (χ0) is 17.4. The van der Waals surface area contributed by atoms with Crippen LogP contribution in [0.5, 0.6) is 0 Å². The Labute approximate surface area is 143 Å². The first-order valence-corrected chi connectivity index (χ1v) is 8.32. The SMILES string of the molecule is NC(=O)C1(c2cccnc2)CCCCC1c1ncc2[nH]ncc2c1F. The minimum atomic E-state index is -1.00. The van der Waals surface area contributed by atoms with Gasteiger partial charge in [-0.25, -0.2) is 4.39 Å². The number of nitrogens with zero attached hydrogens (tertiary/aromatic N) is 3. The lowest BCUT2D eigenvalue weighted by atomic mass is 9.61. The van der Waals surface area contributed by atoms with Gasteiger partial charge in [0.05, 0.1) is 34.4 Å². The first-order valence-electron chi connectivity index (χ1n) is 8.32. The lowest BCUT2D eigenvalue weighted by molar-refractivity contribution is -0.125. The summed E-state index contributed by atoms with van der Waals surface area (Å²) in [6.45, 7) is 0. The lowest BCUT2D eigenvalue weighted by Gasteiger charge is -2.41. The van der Waals surface area contributed by atoms with Crippen molar-refractivity contribution in [1.82, 2.24) is 20.2 Å². The Balaban J connectivity index is 1.93. The zero-order valence-electron chi connectivity index (χ0n) is 13.6. The van der Waals surface area contributed by atoms with E-state index in [0.717, 1.165) is 18.4 Å². The van der Waals surface area contributed by atoms with Crippen molar-refractivity contribution < 1.29 is 9.18 Å². The second-order valence-electron chi connectivity index (χ2n) is 6.53. The summed E-state index contributed by atoms with van der Waals surface area (Å²) in [5, 5.41) is 6.96. The predicted octanol–water partition coefficient (Wildman–Crippen LogP) is 2.57. The smallest absolute Gasteiger partial charge is 0.228 e. The number of aromatic amines is 1. The van der Waals surface area contributed by atoms with Crippen molar-refractivity contribution in [3.05, 3.63) is 54.0 Å². The molecule has 0 aliphatic heterocycles. The number of carbonyl (C=O) groups is 1. The Hall–Kier alpha value is -2.83. The number of aromatic nitrogens is 4. The number of halogens is 1. The summed E-state index contributed by atoms with van der Waals surface area (Å²) in [4.78, 5) is 21.1. The molecule has 1 aliphatic rings. The summed E-state index contributed by atoms with van der Waals surface area (Å²) in [5.74, 6) is -1.33. The molecule has 7 heteroatoms. The molecule has 3 aromatic heterocycles. The van der Waals surface area contributed by atoms with Gasteiger partial charge in [-0.2, -0.15) is 5.10 Å². The van der Waals surface area contributed by atoms with Gasteiger partial charge in [0.25, 0.3) is 0 Å². The number of pyridine rings is 2. The van der Waals surface area contributed by atoms with E-state index in [4.69, 9.17) is 5.73 Å². The Morgan fingerprint density at radius 3 is 2.96 bits per heavy atom. The number of H-pyrrole nitrogens is 1. The average Bonchev–Trinajstić information content (AvgIpc) is 3.12. The number of carbonyl (C=O) groups excluding carboxylic acids is 1. The lowest BCUT2D eigenvalue weighted by Crippen LogP contribution is -2.48. The highest BCUT2D eigenvalue weighted by molar-refractivity contribution is 5.88. The van der Waals surface area contributed by atoms with Crippen molar-refractivity contribution in [3.63, 3.8) is 0 Å². The van der Waals surface area contributed by atoms with Gasteiger partial charge in [-0.05, 0) is 24.5 Å². The van der Waals surface area contributed by atoms with Gasteiger partial charge in [0.2, 0.25) is 5.91 Å². The molecule has 0 spiro atoms. The molecule has 1 saturated carbocycles. The minimum absolute atomic E-state index is 0.274. The molecule has 4 rings (SSSR count). The van der Waals surface area contributed by atoms with Crippen molar-refractivity contribution in [2.45, 2.75) is 37.0 Å². The van der Waals surface area contributed by atoms with Gasteiger partial charge in [-0.3, -0.25) is 19.9 Å². The molecule has 1 amide bonds. The number of nitrogens with one attached hydrogen (secondary N) is 1. The first kappa shape index (κ1) is 15.7. The van der Waals surface area contributed by atoms with E-state index in [1.165, 1.54) is 6.20 Å². The van der Waals surface area contributed by atoms with Crippen LogP contribution in [-0.4, -0.2) is 26.1 Å². The van der Waals surface area contributed by atoms with E-state index in [2.05, 4.69) is 20.2 Å². The van der Waals surface area contributed by atoms with E-state index < -0.39 is 23.1 Å². The Bertz CT molecular complexity index is 926. The van der Waals surface area contributed by atoms with Crippen LogP contribution in [0.3, 0.4) is 0 Å².